The molecule has 1 N–H and O–H groups in total. The molecule has 2 aliphatic rings. The second-order valence-electron chi connectivity index (χ2n) is 5.28. The zero-order valence-corrected chi connectivity index (χ0v) is 10.3. The first-order valence-corrected chi connectivity index (χ1v) is 6.36. The topological polar surface area (TPSA) is 46.5 Å². The average Bonchev–Trinajstić information content (AvgIpc) is 2.47. The van der Waals surface area contributed by atoms with Gasteiger partial charge < -0.3 is 9.84 Å². The van der Waals surface area contributed by atoms with E-state index in [1.165, 1.54) is 0 Å². The van der Waals surface area contributed by atoms with Crippen molar-refractivity contribution in [2.45, 2.75) is 32.1 Å². The summed E-state index contributed by atoms with van der Waals surface area (Å²) in [5.74, 6) is 0.461. The van der Waals surface area contributed by atoms with Gasteiger partial charge in [-0.05, 0) is 24.7 Å². The van der Waals surface area contributed by atoms with Crippen LogP contribution < -0.4 is 0 Å². The number of thioether (sulfide) groups is 1. The Morgan fingerprint density at radius 2 is 2.20 bits per heavy atom. The molecule has 2 fully saturated rings. The minimum atomic E-state index is -0.656. The molecule has 3 nitrogen and oxygen atoms in total. The highest BCUT2D eigenvalue weighted by molar-refractivity contribution is 8.00. The van der Waals surface area contributed by atoms with Crippen molar-refractivity contribution in [2.75, 3.05) is 12.4 Å². The fraction of sp³-hybridized carbons (Fsp3) is 0.909. The summed E-state index contributed by atoms with van der Waals surface area (Å²) >= 11 is 1.81. The lowest BCUT2D eigenvalue weighted by molar-refractivity contribution is -0.139. The summed E-state index contributed by atoms with van der Waals surface area (Å²) in [4.78, 5) is 10.9. The van der Waals surface area contributed by atoms with Crippen LogP contribution in [0.3, 0.4) is 0 Å². The maximum atomic E-state index is 11.0. The average molecular weight is 230 g/mol. The zero-order chi connectivity index (χ0) is 11.3. The highest BCUT2D eigenvalue weighted by Crippen LogP contribution is 2.62. The summed E-state index contributed by atoms with van der Waals surface area (Å²) in [7, 11) is 0. The second kappa shape index (κ2) is 3.39. The Morgan fingerprint density at radius 3 is 2.60 bits per heavy atom. The molecule has 0 bridgehead atoms. The standard InChI is InChI=1S/C11H18O3S/c1-10(2)7(8(10)9(12)13)6-11(3)14-4-5-15-11/h7-8H,4-6H2,1-3H3,(H,12,13). The largest absolute Gasteiger partial charge is 0.481 e. The summed E-state index contributed by atoms with van der Waals surface area (Å²) in [6.07, 6.45) is 0.863. The van der Waals surface area contributed by atoms with Crippen molar-refractivity contribution in [1.82, 2.24) is 0 Å². The number of carbonyl (C=O) groups is 1. The van der Waals surface area contributed by atoms with Crippen LogP contribution in [-0.2, 0) is 9.53 Å². The van der Waals surface area contributed by atoms with E-state index in [0.717, 1.165) is 18.8 Å². The first-order chi connectivity index (χ1) is 6.87. The first kappa shape index (κ1) is 11.3. The number of rotatable bonds is 3. The highest BCUT2D eigenvalue weighted by atomic mass is 32.2. The lowest BCUT2D eigenvalue weighted by atomic mass is 10.1. The van der Waals surface area contributed by atoms with Crippen LogP contribution in [0, 0.1) is 17.3 Å². The molecule has 1 aliphatic carbocycles. The Balaban J connectivity index is 1.99. The second-order valence-corrected chi connectivity index (χ2v) is 6.84. The van der Waals surface area contributed by atoms with Gasteiger partial charge in [0.05, 0.1) is 12.5 Å². The smallest absolute Gasteiger partial charge is 0.307 e. The molecule has 1 saturated heterocycles. The molecule has 0 aromatic carbocycles. The van der Waals surface area contributed by atoms with Gasteiger partial charge in [0, 0.05) is 5.75 Å². The monoisotopic (exact) mass is 230 g/mol. The molecule has 2 rings (SSSR count). The molecule has 1 saturated carbocycles. The Bertz CT molecular complexity index is 282. The van der Waals surface area contributed by atoms with Crippen molar-refractivity contribution in [2.24, 2.45) is 17.3 Å². The van der Waals surface area contributed by atoms with Gasteiger partial charge in [-0.25, -0.2) is 0 Å². The number of ether oxygens (including phenoxy) is 1. The lowest BCUT2D eigenvalue weighted by Gasteiger charge is -2.22. The van der Waals surface area contributed by atoms with Crippen molar-refractivity contribution in [3.63, 3.8) is 0 Å². The van der Waals surface area contributed by atoms with Crippen molar-refractivity contribution in [1.29, 1.82) is 0 Å². The maximum absolute atomic E-state index is 11.0. The number of hydrogen-bond donors (Lipinski definition) is 1. The number of hydrogen-bond acceptors (Lipinski definition) is 3. The molecule has 0 aromatic rings. The van der Waals surface area contributed by atoms with Crippen LogP contribution in [0.15, 0.2) is 0 Å². The fourth-order valence-corrected chi connectivity index (χ4v) is 3.75. The molecular weight excluding hydrogens is 212 g/mol. The van der Waals surface area contributed by atoms with E-state index in [1.54, 1.807) is 0 Å². The predicted molar refractivity (Wildman–Crippen MR) is 59.8 cm³/mol. The molecule has 15 heavy (non-hydrogen) atoms. The van der Waals surface area contributed by atoms with Gasteiger partial charge in [-0.2, -0.15) is 0 Å². The van der Waals surface area contributed by atoms with Crippen LogP contribution in [0.25, 0.3) is 0 Å². The zero-order valence-electron chi connectivity index (χ0n) is 9.45. The van der Waals surface area contributed by atoms with Crippen molar-refractivity contribution in [3.8, 4) is 0 Å². The molecule has 3 atom stereocenters. The van der Waals surface area contributed by atoms with Crippen LogP contribution in [0.5, 0.6) is 0 Å². The molecule has 3 unspecified atom stereocenters. The number of aliphatic carboxylic acids is 1. The van der Waals surface area contributed by atoms with Gasteiger partial charge in [0.1, 0.15) is 4.93 Å². The minimum absolute atomic E-state index is 0.0542. The highest BCUT2D eigenvalue weighted by Gasteiger charge is 2.63. The normalized spacial score (nSPS) is 42.9. The van der Waals surface area contributed by atoms with Gasteiger partial charge >= 0.3 is 5.97 Å². The van der Waals surface area contributed by atoms with Gasteiger partial charge in [-0.3, -0.25) is 4.79 Å². The summed E-state index contributed by atoms with van der Waals surface area (Å²) in [6.45, 7) is 6.96. The molecular formula is C11H18O3S. The van der Waals surface area contributed by atoms with Crippen LogP contribution in [0.4, 0.5) is 0 Å². The van der Waals surface area contributed by atoms with Gasteiger partial charge in [0.15, 0.2) is 0 Å². The maximum Gasteiger partial charge on any atom is 0.307 e. The van der Waals surface area contributed by atoms with Crippen molar-refractivity contribution in [3.05, 3.63) is 0 Å². The third-order valence-corrected chi connectivity index (χ3v) is 5.07. The van der Waals surface area contributed by atoms with Crippen molar-refractivity contribution >= 4 is 17.7 Å². The predicted octanol–water partition coefficient (Wildman–Crippen LogP) is 2.21. The van der Waals surface area contributed by atoms with E-state index in [-0.39, 0.29) is 22.2 Å². The van der Waals surface area contributed by atoms with Crippen LogP contribution in [0.2, 0.25) is 0 Å². The van der Waals surface area contributed by atoms with E-state index in [0.29, 0.717) is 0 Å². The quantitative estimate of drug-likeness (QED) is 0.807. The summed E-state index contributed by atoms with van der Waals surface area (Å²) in [5, 5.41) is 9.07. The molecule has 1 aliphatic heterocycles. The van der Waals surface area contributed by atoms with E-state index in [2.05, 4.69) is 6.92 Å². The number of carboxylic acids is 1. The summed E-state index contributed by atoms with van der Waals surface area (Å²) < 4.78 is 5.68. The Hall–Kier alpha value is -0.220. The number of carboxylic acid groups (broad SMARTS) is 1. The molecule has 86 valence electrons. The van der Waals surface area contributed by atoms with Gasteiger partial charge in [0.2, 0.25) is 0 Å². The molecule has 0 aromatic heterocycles. The van der Waals surface area contributed by atoms with Crippen molar-refractivity contribution < 1.29 is 14.6 Å². The lowest BCUT2D eigenvalue weighted by Crippen LogP contribution is -2.21. The molecule has 0 amide bonds. The van der Waals surface area contributed by atoms with E-state index in [1.807, 2.05) is 25.6 Å². The van der Waals surface area contributed by atoms with Crippen LogP contribution in [0.1, 0.15) is 27.2 Å². The van der Waals surface area contributed by atoms with Gasteiger partial charge in [-0.1, -0.05) is 13.8 Å². The molecule has 0 radical (unpaired) electrons. The third kappa shape index (κ3) is 1.89. The summed E-state index contributed by atoms with van der Waals surface area (Å²) in [5.41, 5.74) is -0.0542. The third-order valence-electron chi connectivity index (χ3n) is 3.81. The van der Waals surface area contributed by atoms with E-state index in [9.17, 15) is 4.79 Å². The van der Waals surface area contributed by atoms with Crippen LogP contribution >= 0.6 is 11.8 Å². The fourth-order valence-electron chi connectivity index (χ4n) is 2.69. The van der Waals surface area contributed by atoms with Crippen LogP contribution in [-0.4, -0.2) is 28.4 Å². The first-order valence-electron chi connectivity index (χ1n) is 5.37. The van der Waals surface area contributed by atoms with E-state index >= 15 is 0 Å². The minimum Gasteiger partial charge on any atom is -0.481 e. The van der Waals surface area contributed by atoms with E-state index < -0.39 is 5.97 Å². The Labute approximate surface area is 94.6 Å². The molecule has 0 spiro atoms. The van der Waals surface area contributed by atoms with Gasteiger partial charge in [0.25, 0.3) is 0 Å². The SMILES string of the molecule is CC1(CC2C(C(=O)O)C2(C)C)OCCS1. The Morgan fingerprint density at radius 1 is 1.53 bits per heavy atom. The molecule has 1 heterocycles. The molecule has 4 heteroatoms. The van der Waals surface area contributed by atoms with Gasteiger partial charge in [-0.15, -0.1) is 11.8 Å². The van der Waals surface area contributed by atoms with E-state index in [4.69, 9.17) is 9.84 Å². The summed E-state index contributed by atoms with van der Waals surface area (Å²) in [6, 6.07) is 0. The Kier molecular flexibility index (Phi) is 2.54.